The van der Waals surface area contributed by atoms with E-state index in [0.717, 1.165) is 18.8 Å². The highest BCUT2D eigenvalue weighted by molar-refractivity contribution is 5.48. The molecular formula is C19H23N3O2. The van der Waals surface area contributed by atoms with Crippen molar-refractivity contribution in [3.8, 4) is 11.8 Å². The summed E-state index contributed by atoms with van der Waals surface area (Å²) in [6.07, 6.45) is 1.20. The van der Waals surface area contributed by atoms with Crippen LogP contribution >= 0.6 is 0 Å². The van der Waals surface area contributed by atoms with E-state index in [0.29, 0.717) is 29.3 Å². The quantitative estimate of drug-likeness (QED) is 0.852. The minimum absolute atomic E-state index is 0.219. The lowest BCUT2D eigenvalue weighted by Crippen LogP contribution is -2.38. The fourth-order valence-electron chi connectivity index (χ4n) is 3.31. The van der Waals surface area contributed by atoms with Gasteiger partial charge >= 0.3 is 0 Å². The second-order valence-electron chi connectivity index (χ2n) is 6.83. The molecule has 5 nitrogen and oxygen atoms in total. The van der Waals surface area contributed by atoms with E-state index >= 15 is 0 Å². The van der Waals surface area contributed by atoms with Gasteiger partial charge in [0.25, 0.3) is 0 Å². The average molecular weight is 325 g/mol. The molecule has 1 aliphatic heterocycles. The van der Waals surface area contributed by atoms with Crippen LogP contribution in [0.5, 0.6) is 5.75 Å². The minimum Gasteiger partial charge on any atom is -0.484 e. The third-order valence-corrected chi connectivity index (χ3v) is 4.30. The number of ether oxygens (including phenoxy) is 1. The Morgan fingerprint density at radius 1 is 1.25 bits per heavy atom. The van der Waals surface area contributed by atoms with Crippen molar-refractivity contribution in [2.75, 3.05) is 18.0 Å². The van der Waals surface area contributed by atoms with Gasteiger partial charge in [0.2, 0.25) is 17.5 Å². The standard InChI is InChI=1S/C19H23N3O2/c1-13-4-6-16(7-5-13)23-12-18-21-17(9-20)19(24-18)22-10-14(2)8-15(3)11-22/h4-7,14-15H,8,10-12H2,1-3H3/t14-,15-/m0/s1. The number of piperidine rings is 1. The van der Waals surface area contributed by atoms with Gasteiger partial charge < -0.3 is 14.1 Å². The van der Waals surface area contributed by atoms with Crippen LogP contribution in [0.25, 0.3) is 0 Å². The zero-order valence-corrected chi connectivity index (χ0v) is 14.5. The lowest BCUT2D eigenvalue weighted by Gasteiger charge is -2.34. The topological polar surface area (TPSA) is 62.3 Å². The van der Waals surface area contributed by atoms with Crippen molar-refractivity contribution in [3.05, 3.63) is 41.4 Å². The molecule has 1 fully saturated rings. The van der Waals surface area contributed by atoms with Crippen molar-refractivity contribution in [1.29, 1.82) is 5.26 Å². The highest BCUT2D eigenvalue weighted by Gasteiger charge is 2.27. The number of nitriles is 1. The second kappa shape index (κ2) is 6.96. The van der Waals surface area contributed by atoms with Gasteiger partial charge in [0, 0.05) is 13.1 Å². The van der Waals surface area contributed by atoms with Gasteiger partial charge in [-0.1, -0.05) is 31.5 Å². The summed E-state index contributed by atoms with van der Waals surface area (Å²) < 4.78 is 11.6. The van der Waals surface area contributed by atoms with E-state index in [2.05, 4.69) is 29.8 Å². The Labute approximate surface area is 142 Å². The molecule has 0 spiro atoms. The van der Waals surface area contributed by atoms with Crippen molar-refractivity contribution < 1.29 is 9.15 Å². The Morgan fingerprint density at radius 2 is 1.92 bits per heavy atom. The average Bonchev–Trinajstić information content (AvgIpc) is 2.97. The predicted octanol–water partition coefficient (Wildman–Crippen LogP) is 3.92. The number of hydrogen-bond donors (Lipinski definition) is 0. The molecule has 1 aromatic heterocycles. The smallest absolute Gasteiger partial charge is 0.236 e. The Kier molecular flexibility index (Phi) is 4.75. The maximum Gasteiger partial charge on any atom is 0.236 e. The molecule has 1 aromatic carbocycles. The van der Waals surface area contributed by atoms with Crippen LogP contribution in [-0.4, -0.2) is 18.1 Å². The molecule has 3 rings (SSSR count). The van der Waals surface area contributed by atoms with Gasteiger partial charge in [0.15, 0.2) is 6.61 Å². The van der Waals surface area contributed by atoms with Crippen LogP contribution < -0.4 is 9.64 Å². The summed E-state index contributed by atoms with van der Waals surface area (Å²) in [7, 11) is 0. The molecule has 0 bridgehead atoms. The summed E-state index contributed by atoms with van der Waals surface area (Å²) in [5, 5.41) is 9.37. The van der Waals surface area contributed by atoms with Crippen molar-refractivity contribution >= 4 is 5.88 Å². The van der Waals surface area contributed by atoms with Crippen LogP contribution in [0.1, 0.15) is 37.4 Å². The van der Waals surface area contributed by atoms with Gasteiger partial charge in [-0.15, -0.1) is 0 Å². The summed E-state index contributed by atoms with van der Waals surface area (Å²) >= 11 is 0. The van der Waals surface area contributed by atoms with Crippen LogP contribution in [0.15, 0.2) is 28.7 Å². The van der Waals surface area contributed by atoms with Gasteiger partial charge in [-0.3, -0.25) is 0 Å². The molecule has 24 heavy (non-hydrogen) atoms. The maximum atomic E-state index is 9.37. The van der Waals surface area contributed by atoms with E-state index in [1.165, 1.54) is 12.0 Å². The number of rotatable bonds is 4. The van der Waals surface area contributed by atoms with Gasteiger partial charge in [0.1, 0.15) is 11.8 Å². The first-order valence-electron chi connectivity index (χ1n) is 8.39. The van der Waals surface area contributed by atoms with Crippen LogP contribution in [0.3, 0.4) is 0 Å². The van der Waals surface area contributed by atoms with Gasteiger partial charge in [0.05, 0.1) is 0 Å². The molecule has 0 radical (unpaired) electrons. The van der Waals surface area contributed by atoms with E-state index < -0.39 is 0 Å². The summed E-state index contributed by atoms with van der Waals surface area (Å²) in [6, 6.07) is 9.96. The van der Waals surface area contributed by atoms with Gasteiger partial charge in [-0.05, 0) is 37.3 Å². The molecule has 1 saturated heterocycles. The Morgan fingerprint density at radius 3 is 2.54 bits per heavy atom. The number of aromatic nitrogens is 1. The molecule has 2 aromatic rings. The Bertz CT molecular complexity index is 720. The summed E-state index contributed by atoms with van der Waals surface area (Å²) in [6.45, 7) is 8.50. The first-order chi connectivity index (χ1) is 11.5. The number of oxazole rings is 1. The largest absolute Gasteiger partial charge is 0.484 e. The SMILES string of the molecule is Cc1ccc(OCc2nc(C#N)c(N3C[C@@H](C)C[C@H](C)C3)o2)cc1. The maximum absolute atomic E-state index is 9.37. The zero-order chi connectivity index (χ0) is 17.1. The monoisotopic (exact) mass is 325 g/mol. The Hall–Kier alpha value is -2.48. The van der Waals surface area contributed by atoms with Crippen LogP contribution in [0, 0.1) is 30.1 Å². The van der Waals surface area contributed by atoms with Gasteiger partial charge in [-0.2, -0.15) is 10.2 Å². The van der Waals surface area contributed by atoms with E-state index in [4.69, 9.17) is 9.15 Å². The van der Waals surface area contributed by atoms with Crippen LogP contribution in [-0.2, 0) is 6.61 Å². The van der Waals surface area contributed by atoms with Crippen molar-refractivity contribution in [2.45, 2.75) is 33.8 Å². The lowest BCUT2D eigenvalue weighted by atomic mass is 9.92. The number of nitrogens with zero attached hydrogens (tertiary/aromatic N) is 3. The van der Waals surface area contributed by atoms with E-state index in [1.807, 2.05) is 31.2 Å². The first kappa shape index (κ1) is 16.4. The summed E-state index contributed by atoms with van der Waals surface area (Å²) in [5.41, 5.74) is 1.53. The molecular weight excluding hydrogens is 302 g/mol. The summed E-state index contributed by atoms with van der Waals surface area (Å²) in [5.74, 6) is 2.95. The van der Waals surface area contributed by atoms with E-state index in [1.54, 1.807) is 0 Å². The normalized spacial score (nSPS) is 20.7. The molecule has 0 amide bonds. The molecule has 1 aliphatic rings. The molecule has 5 heteroatoms. The van der Waals surface area contributed by atoms with Crippen LogP contribution in [0.2, 0.25) is 0 Å². The molecule has 126 valence electrons. The number of benzene rings is 1. The molecule has 2 atom stereocenters. The second-order valence-corrected chi connectivity index (χ2v) is 6.83. The number of aryl methyl sites for hydroxylation is 1. The summed E-state index contributed by atoms with van der Waals surface area (Å²) in [4.78, 5) is 6.43. The number of anilines is 1. The molecule has 0 aliphatic carbocycles. The minimum atomic E-state index is 0.219. The van der Waals surface area contributed by atoms with Crippen molar-refractivity contribution in [3.63, 3.8) is 0 Å². The highest BCUT2D eigenvalue weighted by atomic mass is 16.5. The van der Waals surface area contributed by atoms with Crippen molar-refractivity contribution in [2.24, 2.45) is 11.8 Å². The van der Waals surface area contributed by atoms with E-state index in [9.17, 15) is 5.26 Å². The molecule has 0 saturated carbocycles. The molecule has 0 N–H and O–H groups in total. The zero-order valence-electron chi connectivity index (χ0n) is 14.5. The van der Waals surface area contributed by atoms with Crippen LogP contribution in [0.4, 0.5) is 5.88 Å². The highest BCUT2D eigenvalue weighted by Crippen LogP contribution is 2.29. The molecule has 2 heterocycles. The fourth-order valence-corrected chi connectivity index (χ4v) is 3.31. The number of hydrogen-bond acceptors (Lipinski definition) is 5. The lowest BCUT2D eigenvalue weighted by molar-refractivity contribution is 0.260. The Balaban J connectivity index is 1.73. The predicted molar refractivity (Wildman–Crippen MR) is 91.9 cm³/mol. The first-order valence-corrected chi connectivity index (χ1v) is 8.39. The van der Waals surface area contributed by atoms with Gasteiger partial charge in [-0.25, -0.2) is 0 Å². The molecule has 0 unspecified atom stereocenters. The van der Waals surface area contributed by atoms with Crippen molar-refractivity contribution in [1.82, 2.24) is 4.98 Å². The van der Waals surface area contributed by atoms with E-state index in [-0.39, 0.29) is 6.61 Å². The third kappa shape index (κ3) is 3.70. The fraction of sp³-hybridized carbons (Fsp3) is 0.474. The third-order valence-electron chi connectivity index (χ3n) is 4.30.